The maximum atomic E-state index is 2.28. The fourth-order valence-corrected chi connectivity index (χ4v) is 2.59. The SMILES string of the molecule is Cc1ccc(C)c(C[n+]2cccc(-c3ccccc3)c2)c1. The lowest BCUT2D eigenvalue weighted by atomic mass is 10.1. The van der Waals surface area contributed by atoms with Crippen LogP contribution in [0.2, 0.25) is 0 Å². The van der Waals surface area contributed by atoms with Crippen LogP contribution < -0.4 is 4.57 Å². The molecule has 0 saturated heterocycles. The van der Waals surface area contributed by atoms with Crippen LogP contribution in [-0.2, 0) is 6.54 Å². The van der Waals surface area contributed by atoms with Crippen LogP contribution in [0.3, 0.4) is 0 Å². The van der Waals surface area contributed by atoms with E-state index >= 15 is 0 Å². The first-order chi connectivity index (χ1) is 10.2. The summed E-state index contributed by atoms with van der Waals surface area (Å²) in [4.78, 5) is 0. The topological polar surface area (TPSA) is 3.88 Å². The van der Waals surface area contributed by atoms with Gasteiger partial charge in [0.05, 0.1) is 0 Å². The predicted molar refractivity (Wildman–Crippen MR) is 87.1 cm³/mol. The minimum absolute atomic E-state index is 0.911. The second kappa shape index (κ2) is 5.92. The van der Waals surface area contributed by atoms with Gasteiger partial charge in [-0.05, 0) is 37.1 Å². The monoisotopic (exact) mass is 274 g/mol. The first-order valence-corrected chi connectivity index (χ1v) is 7.33. The molecular weight excluding hydrogens is 254 g/mol. The number of aromatic nitrogens is 1. The van der Waals surface area contributed by atoms with Gasteiger partial charge in [-0.15, -0.1) is 0 Å². The summed E-state index contributed by atoms with van der Waals surface area (Å²) in [6.45, 7) is 5.23. The molecule has 0 radical (unpaired) electrons. The molecule has 21 heavy (non-hydrogen) atoms. The van der Waals surface area contributed by atoms with Crippen molar-refractivity contribution in [1.82, 2.24) is 0 Å². The second-order valence-electron chi connectivity index (χ2n) is 5.56. The molecule has 0 atom stereocenters. The Kier molecular flexibility index (Phi) is 3.83. The Morgan fingerprint density at radius 2 is 1.57 bits per heavy atom. The van der Waals surface area contributed by atoms with E-state index < -0.39 is 0 Å². The summed E-state index contributed by atoms with van der Waals surface area (Å²) in [7, 11) is 0. The third-order valence-corrected chi connectivity index (χ3v) is 3.82. The fourth-order valence-electron chi connectivity index (χ4n) is 2.59. The summed E-state index contributed by atoms with van der Waals surface area (Å²) in [5.41, 5.74) is 6.55. The van der Waals surface area contributed by atoms with Crippen molar-refractivity contribution in [3.05, 3.63) is 89.7 Å². The first kappa shape index (κ1) is 13.6. The number of hydrogen-bond acceptors (Lipinski definition) is 0. The molecule has 3 rings (SSSR count). The fraction of sp³-hybridized carbons (Fsp3) is 0.150. The predicted octanol–water partition coefficient (Wildman–Crippen LogP) is 4.31. The van der Waals surface area contributed by atoms with E-state index in [1.807, 2.05) is 0 Å². The van der Waals surface area contributed by atoms with Crippen LogP contribution >= 0.6 is 0 Å². The average molecular weight is 274 g/mol. The zero-order chi connectivity index (χ0) is 14.7. The molecule has 0 spiro atoms. The Hall–Kier alpha value is -2.41. The van der Waals surface area contributed by atoms with Crippen LogP contribution in [0.4, 0.5) is 0 Å². The molecule has 1 heteroatoms. The van der Waals surface area contributed by atoms with Gasteiger partial charge in [0, 0.05) is 17.2 Å². The molecule has 104 valence electrons. The minimum atomic E-state index is 0.911. The molecule has 1 aromatic heterocycles. The molecular formula is C20H20N+. The highest BCUT2D eigenvalue weighted by Crippen LogP contribution is 2.16. The van der Waals surface area contributed by atoms with Crippen molar-refractivity contribution in [3.63, 3.8) is 0 Å². The lowest BCUT2D eigenvalue weighted by Gasteiger charge is -2.05. The van der Waals surface area contributed by atoms with Crippen LogP contribution in [0, 0.1) is 13.8 Å². The van der Waals surface area contributed by atoms with Crippen LogP contribution in [0.1, 0.15) is 16.7 Å². The third kappa shape index (κ3) is 3.19. The number of benzene rings is 2. The minimum Gasteiger partial charge on any atom is -0.200 e. The molecule has 0 unspecified atom stereocenters. The number of aryl methyl sites for hydroxylation is 2. The van der Waals surface area contributed by atoms with Crippen LogP contribution in [0.25, 0.3) is 11.1 Å². The summed E-state index contributed by atoms with van der Waals surface area (Å²) in [5.74, 6) is 0. The van der Waals surface area contributed by atoms with Crippen LogP contribution in [-0.4, -0.2) is 0 Å². The van der Waals surface area contributed by atoms with Gasteiger partial charge in [0.2, 0.25) is 0 Å². The van der Waals surface area contributed by atoms with Gasteiger partial charge < -0.3 is 0 Å². The zero-order valence-corrected chi connectivity index (χ0v) is 12.6. The van der Waals surface area contributed by atoms with Gasteiger partial charge in [-0.2, -0.15) is 0 Å². The highest BCUT2D eigenvalue weighted by atomic mass is 14.9. The maximum Gasteiger partial charge on any atom is 0.176 e. The standard InChI is InChI=1S/C20H20N/c1-16-10-11-17(2)20(13-16)15-21-12-6-9-19(14-21)18-7-4-3-5-8-18/h3-14H,15H2,1-2H3/q+1. The molecule has 1 heterocycles. The quantitative estimate of drug-likeness (QED) is 0.627. The lowest BCUT2D eigenvalue weighted by Crippen LogP contribution is -2.33. The van der Waals surface area contributed by atoms with Crippen LogP contribution in [0.15, 0.2) is 73.1 Å². The second-order valence-corrected chi connectivity index (χ2v) is 5.56. The molecule has 0 amide bonds. The molecule has 1 nitrogen and oxygen atoms in total. The van der Waals surface area contributed by atoms with Gasteiger partial charge in [-0.25, -0.2) is 4.57 Å². The van der Waals surface area contributed by atoms with Gasteiger partial charge >= 0.3 is 0 Å². The van der Waals surface area contributed by atoms with E-state index in [-0.39, 0.29) is 0 Å². The molecule has 2 aromatic carbocycles. The number of hydrogen-bond donors (Lipinski definition) is 0. The molecule has 0 N–H and O–H groups in total. The van der Waals surface area contributed by atoms with E-state index in [0.717, 1.165) is 6.54 Å². The maximum absolute atomic E-state index is 2.28. The van der Waals surface area contributed by atoms with Gasteiger partial charge in [-0.1, -0.05) is 48.0 Å². The largest absolute Gasteiger partial charge is 0.200 e. The Morgan fingerprint density at radius 3 is 2.38 bits per heavy atom. The van der Waals surface area contributed by atoms with E-state index in [1.54, 1.807) is 0 Å². The van der Waals surface area contributed by atoms with Crippen molar-refractivity contribution in [2.45, 2.75) is 20.4 Å². The van der Waals surface area contributed by atoms with Crippen molar-refractivity contribution in [1.29, 1.82) is 0 Å². The molecule has 0 aliphatic carbocycles. The van der Waals surface area contributed by atoms with Gasteiger partial charge in [-0.3, -0.25) is 0 Å². The Balaban J connectivity index is 1.92. The summed E-state index contributed by atoms with van der Waals surface area (Å²) in [5, 5.41) is 0. The van der Waals surface area contributed by atoms with E-state index in [1.165, 1.54) is 27.8 Å². The van der Waals surface area contributed by atoms with Crippen molar-refractivity contribution < 1.29 is 4.57 Å². The van der Waals surface area contributed by atoms with E-state index in [2.05, 4.69) is 91.5 Å². The van der Waals surface area contributed by atoms with Crippen molar-refractivity contribution >= 4 is 0 Å². The number of nitrogens with zero attached hydrogens (tertiary/aromatic N) is 1. The lowest BCUT2D eigenvalue weighted by molar-refractivity contribution is -0.687. The zero-order valence-electron chi connectivity index (χ0n) is 12.6. The number of rotatable bonds is 3. The van der Waals surface area contributed by atoms with Gasteiger partial charge in [0.25, 0.3) is 0 Å². The molecule has 0 aliphatic rings. The summed E-state index contributed by atoms with van der Waals surface area (Å²) >= 11 is 0. The number of pyridine rings is 1. The van der Waals surface area contributed by atoms with E-state index in [9.17, 15) is 0 Å². The highest BCUT2D eigenvalue weighted by Gasteiger charge is 2.08. The molecule has 0 saturated carbocycles. The smallest absolute Gasteiger partial charge is 0.176 e. The third-order valence-electron chi connectivity index (χ3n) is 3.82. The van der Waals surface area contributed by atoms with Gasteiger partial charge in [0.15, 0.2) is 18.9 Å². The summed E-state index contributed by atoms with van der Waals surface area (Å²) in [6, 6.07) is 21.4. The first-order valence-electron chi connectivity index (χ1n) is 7.33. The normalized spacial score (nSPS) is 10.6. The highest BCUT2D eigenvalue weighted by molar-refractivity contribution is 5.61. The molecule has 0 bridgehead atoms. The Morgan fingerprint density at radius 1 is 0.810 bits per heavy atom. The molecule has 0 aliphatic heterocycles. The van der Waals surface area contributed by atoms with E-state index in [4.69, 9.17) is 0 Å². The summed E-state index contributed by atoms with van der Waals surface area (Å²) in [6.07, 6.45) is 4.35. The molecule has 3 aromatic rings. The molecule has 0 fully saturated rings. The van der Waals surface area contributed by atoms with E-state index in [0.29, 0.717) is 0 Å². The summed E-state index contributed by atoms with van der Waals surface area (Å²) < 4.78 is 2.25. The van der Waals surface area contributed by atoms with Crippen molar-refractivity contribution in [3.8, 4) is 11.1 Å². The Labute approximate surface area is 126 Å². The van der Waals surface area contributed by atoms with Crippen molar-refractivity contribution in [2.24, 2.45) is 0 Å². The average Bonchev–Trinajstić information content (AvgIpc) is 2.52. The van der Waals surface area contributed by atoms with Crippen molar-refractivity contribution in [2.75, 3.05) is 0 Å². The van der Waals surface area contributed by atoms with Gasteiger partial charge in [0.1, 0.15) is 0 Å². The Bertz CT molecular complexity index is 745. The van der Waals surface area contributed by atoms with Crippen LogP contribution in [0.5, 0.6) is 0 Å².